The van der Waals surface area contributed by atoms with Crippen molar-refractivity contribution in [3.8, 4) is 0 Å². The van der Waals surface area contributed by atoms with Gasteiger partial charge in [-0.1, -0.05) is 43.5 Å². The Morgan fingerprint density at radius 1 is 1.27 bits per heavy atom. The average molecular weight is 226 g/mol. The summed E-state index contributed by atoms with van der Waals surface area (Å²) in [6.45, 7) is 5.40. The molecule has 0 amide bonds. The number of hydrogen-bond donors (Lipinski definition) is 1. The standard InChI is InChI=1S/C13H20ClN/c1-3-4-5-11(2)15-10-12-6-8-13(14)9-7-12/h6-9,11,15H,3-5,10H2,1-2H3. The van der Waals surface area contributed by atoms with Crippen LogP contribution in [0, 0.1) is 0 Å². The minimum absolute atomic E-state index is 0.598. The van der Waals surface area contributed by atoms with Crippen molar-refractivity contribution in [3.63, 3.8) is 0 Å². The second kappa shape index (κ2) is 6.86. The zero-order valence-corrected chi connectivity index (χ0v) is 10.3. The van der Waals surface area contributed by atoms with Crippen LogP contribution in [0.15, 0.2) is 24.3 Å². The lowest BCUT2D eigenvalue weighted by Gasteiger charge is -2.13. The Hall–Kier alpha value is -0.530. The fraction of sp³-hybridized carbons (Fsp3) is 0.538. The van der Waals surface area contributed by atoms with Crippen molar-refractivity contribution in [2.24, 2.45) is 0 Å². The van der Waals surface area contributed by atoms with Crippen molar-refractivity contribution in [1.82, 2.24) is 5.32 Å². The van der Waals surface area contributed by atoms with Gasteiger partial charge in [0.2, 0.25) is 0 Å². The van der Waals surface area contributed by atoms with Crippen molar-refractivity contribution in [2.45, 2.75) is 45.7 Å². The molecule has 0 aliphatic heterocycles. The van der Waals surface area contributed by atoms with Crippen LogP contribution < -0.4 is 5.32 Å². The minimum Gasteiger partial charge on any atom is -0.310 e. The SMILES string of the molecule is CCCCC(C)NCc1ccc(Cl)cc1. The molecule has 0 fully saturated rings. The molecular weight excluding hydrogens is 206 g/mol. The van der Waals surface area contributed by atoms with Gasteiger partial charge in [-0.05, 0) is 31.0 Å². The molecule has 0 aliphatic carbocycles. The van der Waals surface area contributed by atoms with Crippen LogP contribution in [-0.4, -0.2) is 6.04 Å². The van der Waals surface area contributed by atoms with Crippen LogP contribution >= 0.6 is 11.6 Å². The molecule has 84 valence electrons. The molecule has 15 heavy (non-hydrogen) atoms. The van der Waals surface area contributed by atoms with Gasteiger partial charge in [-0.3, -0.25) is 0 Å². The lowest BCUT2D eigenvalue weighted by atomic mass is 10.1. The van der Waals surface area contributed by atoms with Crippen LogP contribution in [-0.2, 0) is 6.54 Å². The maximum absolute atomic E-state index is 5.82. The Labute approximate surface area is 97.8 Å². The highest BCUT2D eigenvalue weighted by Crippen LogP contribution is 2.09. The fourth-order valence-electron chi connectivity index (χ4n) is 1.51. The van der Waals surface area contributed by atoms with Gasteiger partial charge in [0.1, 0.15) is 0 Å². The molecule has 0 heterocycles. The minimum atomic E-state index is 0.598. The molecule has 2 heteroatoms. The summed E-state index contributed by atoms with van der Waals surface area (Å²) in [6, 6.07) is 8.62. The van der Waals surface area contributed by atoms with Gasteiger partial charge in [-0.15, -0.1) is 0 Å². The predicted molar refractivity (Wildman–Crippen MR) is 67.3 cm³/mol. The maximum Gasteiger partial charge on any atom is 0.0406 e. The van der Waals surface area contributed by atoms with Crippen molar-refractivity contribution in [2.75, 3.05) is 0 Å². The van der Waals surface area contributed by atoms with Crippen molar-refractivity contribution in [3.05, 3.63) is 34.9 Å². The zero-order chi connectivity index (χ0) is 11.1. The molecule has 1 N–H and O–H groups in total. The lowest BCUT2D eigenvalue weighted by Crippen LogP contribution is -2.25. The molecule has 0 aliphatic rings. The van der Waals surface area contributed by atoms with Gasteiger partial charge in [-0.2, -0.15) is 0 Å². The fourth-order valence-corrected chi connectivity index (χ4v) is 1.63. The van der Waals surface area contributed by atoms with Gasteiger partial charge in [0.05, 0.1) is 0 Å². The maximum atomic E-state index is 5.82. The summed E-state index contributed by atoms with van der Waals surface area (Å²) in [6.07, 6.45) is 3.83. The van der Waals surface area contributed by atoms with E-state index in [1.165, 1.54) is 24.8 Å². The first-order valence-electron chi connectivity index (χ1n) is 5.70. The van der Waals surface area contributed by atoms with Crippen LogP contribution in [0.1, 0.15) is 38.7 Å². The molecule has 1 unspecified atom stereocenters. The average Bonchev–Trinajstić information content (AvgIpc) is 2.25. The van der Waals surface area contributed by atoms with E-state index in [0.29, 0.717) is 6.04 Å². The van der Waals surface area contributed by atoms with Gasteiger partial charge in [0, 0.05) is 17.6 Å². The van der Waals surface area contributed by atoms with Crippen LogP contribution in [0.3, 0.4) is 0 Å². The first-order chi connectivity index (χ1) is 7.22. The van der Waals surface area contributed by atoms with E-state index < -0.39 is 0 Å². The molecule has 1 aromatic carbocycles. The molecule has 1 atom stereocenters. The smallest absolute Gasteiger partial charge is 0.0406 e. The van der Waals surface area contributed by atoms with E-state index in [1.807, 2.05) is 12.1 Å². The van der Waals surface area contributed by atoms with Gasteiger partial charge in [0.25, 0.3) is 0 Å². The molecule has 0 saturated heterocycles. The molecule has 1 aromatic rings. The molecule has 0 spiro atoms. The van der Waals surface area contributed by atoms with Crippen molar-refractivity contribution >= 4 is 11.6 Å². The third kappa shape index (κ3) is 5.19. The van der Waals surface area contributed by atoms with Gasteiger partial charge >= 0.3 is 0 Å². The molecule has 1 rings (SSSR count). The summed E-state index contributed by atoms with van der Waals surface area (Å²) >= 11 is 5.82. The van der Waals surface area contributed by atoms with E-state index in [9.17, 15) is 0 Å². The second-order valence-corrected chi connectivity index (χ2v) is 4.49. The predicted octanol–water partition coefficient (Wildman–Crippen LogP) is 4.01. The van der Waals surface area contributed by atoms with E-state index in [-0.39, 0.29) is 0 Å². The van der Waals surface area contributed by atoms with E-state index in [0.717, 1.165) is 11.6 Å². The van der Waals surface area contributed by atoms with Gasteiger partial charge in [0.15, 0.2) is 0 Å². The molecule has 1 nitrogen and oxygen atoms in total. The number of halogens is 1. The Morgan fingerprint density at radius 2 is 1.93 bits per heavy atom. The van der Waals surface area contributed by atoms with Crippen LogP contribution in [0.2, 0.25) is 5.02 Å². The first-order valence-corrected chi connectivity index (χ1v) is 6.08. The molecule has 0 saturated carbocycles. The zero-order valence-electron chi connectivity index (χ0n) is 9.59. The lowest BCUT2D eigenvalue weighted by molar-refractivity contribution is 0.495. The highest BCUT2D eigenvalue weighted by molar-refractivity contribution is 6.30. The van der Waals surface area contributed by atoms with E-state index in [4.69, 9.17) is 11.6 Å². The highest BCUT2D eigenvalue weighted by Gasteiger charge is 2.00. The summed E-state index contributed by atoms with van der Waals surface area (Å²) in [4.78, 5) is 0. The summed E-state index contributed by atoms with van der Waals surface area (Å²) in [7, 11) is 0. The third-order valence-corrected chi connectivity index (χ3v) is 2.81. The molecular formula is C13H20ClN. The third-order valence-electron chi connectivity index (χ3n) is 2.56. The number of hydrogen-bond acceptors (Lipinski definition) is 1. The van der Waals surface area contributed by atoms with Crippen LogP contribution in [0.5, 0.6) is 0 Å². The molecule has 0 radical (unpaired) electrons. The molecule has 0 aromatic heterocycles. The Kier molecular flexibility index (Phi) is 5.74. The topological polar surface area (TPSA) is 12.0 Å². The van der Waals surface area contributed by atoms with E-state index in [1.54, 1.807) is 0 Å². The quantitative estimate of drug-likeness (QED) is 0.772. The number of rotatable bonds is 6. The Balaban J connectivity index is 2.27. The molecule has 0 bridgehead atoms. The second-order valence-electron chi connectivity index (χ2n) is 4.05. The highest BCUT2D eigenvalue weighted by atomic mass is 35.5. The van der Waals surface area contributed by atoms with Crippen LogP contribution in [0.4, 0.5) is 0 Å². The largest absolute Gasteiger partial charge is 0.310 e. The normalized spacial score (nSPS) is 12.7. The van der Waals surface area contributed by atoms with Gasteiger partial charge < -0.3 is 5.32 Å². The summed E-state index contributed by atoms with van der Waals surface area (Å²) in [5, 5.41) is 4.31. The monoisotopic (exact) mass is 225 g/mol. The number of benzene rings is 1. The summed E-state index contributed by atoms with van der Waals surface area (Å²) in [5.74, 6) is 0. The number of unbranched alkanes of at least 4 members (excludes halogenated alkanes) is 1. The van der Waals surface area contributed by atoms with Crippen molar-refractivity contribution in [1.29, 1.82) is 0 Å². The Bertz CT molecular complexity index is 268. The van der Waals surface area contributed by atoms with E-state index >= 15 is 0 Å². The van der Waals surface area contributed by atoms with E-state index in [2.05, 4.69) is 31.3 Å². The van der Waals surface area contributed by atoms with Gasteiger partial charge in [-0.25, -0.2) is 0 Å². The summed E-state index contributed by atoms with van der Waals surface area (Å²) in [5.41, 5.74) is 1.29. The summed E-state index contributed by atoms with van der Waals surface area (Å²) < 4.78 is 0. The Morgan fingerprint density at radius 3 is 2.53 bits per heavy atom. The first kappa shape index (κ1) is 12.5. The van der Waals surface area contributed by atoms with Crippen LogP contribution in [0.25, 0.3) is 0 Å². The van der Waals surface area contributed by atoms with Crippen molar-refractivity contribution < 1.29 is 0 Å². The number of nitrogens with one attached hydrogen (secondary N) is 1.